The molecular weight excluding hydrogens is 390 g/mol. The SMILES string of the molecule is C[C@H]1C[C@H]1C(=O)NNC(=O)c1cccc(S(=O)(=O)Nc2ccc(Cl)cc2)c1. The molecule has 3 N–H and O–H groups in total. The van der Waals surface area contributed by atoms with Gasteiger partial charge in [0, 0.05) is 22.2 Å². The molecule has 1 aliphatic rings. The molecule has 1 saturated carbocycles. The Morgan fingerprint density at radius 2 is 1.74 bits per heavy atom. The number of carbonyl (C=O) groups excluding carboxylic acids is 2. The number of hydrogen-bond acceptors (Lipinski definition) is 4. The van der Waals surface area contributed by atoms with E-state index in [0.717, 1.165) is 6.42 Å². The number of benzene rings is 2. The summed E-state index contributed by atoms with van der Waals surface area (Å²) in [5.41, 5.74) is 5.12. The fourth-order valence-electron chi connectivity index (χ4n) is 2.51. The highest BCUT2D eigenvalue weighted by molar-refractivity contribution is 7.92. The zero-order valence-electron chi connectivity index (χ0n) is 14.4. The molecule has 2 atom stereocenters. The Balaban J connectivity index is 1.69. The Kier molecular flexibility index (Phi) is 5.38. The molecule has 2 amide bonds. The second-order valence-corrected chi connectivity index (χ2v) is 8.52. The highest BCUT2D eigenvalue weighted by atomic mass is 35.5. The first kappa shape index (κ1) is 19.2. The van der Waals surface area contributed by atoms with Gasteiger partial charge in [-0.3, -0.25) is 25.2 Å². The maximum atomic E-state index is 12.5. The van der Waals surface area contributed by atoms with Crippen molar-refractivity contribution in [3.8, 4) is 0 Å². The molecule has 7 nitrogen and oxygen atoms in total. The van der Waals surface area contributed by atoms with E-state index in [2.05, 4.69) is 15.6 Å². The number of hydrogen-bond donors (Lipinski definition) is 3. The van der Waals surface area contributed by atoms with Gasteiger partial charge in [0.15, 0.2) is 0 Å². The van der Waals surface area contributed by atoms with E-state index in [1.54, 1.807) is 12.1 Å². The highest BCUT2D eigenvalue weighted by Gasteiger charge is 2.39. The monoisotopic (exact) mass is 407 g/mol. The normalized spacial score (nSPS) is 18.4. The summed E-state index contributed by atoms with van der Waals surface area (Å²) in [6, 6.07) is 11.7. The van der Waals surface area contributed by atoms with E-state index in [9.17, 15) is 18.0 Å². The quantitative estimate of drug-likeness (QED) is 0.662. The number of anilines is 1. The molecule has 2 aromatic rings. The summed E-state index contributed by atoms with van der Waals surface area (Å²) in [7, 11) is -3.88. The first-order chi connectivity index (χ1) is 12.8. The Morgan fingerprint density at radius 3 is 2.37 bits per heavy atom. The molecule has 2 aromatic carbocycles. The lowest BCUT2D eigenvalue weighted by atomic mass is 10.2. The number of halogens is 1. The van der Waals surface area contributed by atoms with Gasteiger partial charge in [0.05, 0.1) is 4.90 Å². The van der Waals surface area contributed by atoms with E-state index < -0.39 is 15.9 Å². The summed E-state index contributed by atoms with van der Waals surface area (Å²) < 4.78 is 27.4. The van der Waals surface area contributed by atoms with Crippen LogP contribution in [0.1, 0.15) is 23.7 Å². The molecule has 9 heteroatoms. The van der Waals surface area contributed by atoms with Crippen LogP contribution in [0.2, 0.25) is 5.02 Å². The lowest BCUT2D eigenvalue weighted by Gasteiger charge is -2.10. The molecule has 1 fully saturated rings. The summed E-state index contributed by atoms with van der Waals surface area (Å²) in [6.07, 6.45) is 0.797. The topological polar surface area (TPSA) is 104 Å². The maximum Gasteiger partial charge on any atom is 0.269 e. The number of carbonyl (C=O) groups is 2. The molecule has 142 valence electrons. The van der Waals surface area contributed by atoms with Crippen molar-refractivity contribution >= 4 is 39.1 Å². The molecule has 0 saturated heterocycles. The molecule has 0 spiro atoms. The van der Waals surface area contributed by atoms with Crippen LogP contribution in [0.25, 0.3) is 0 Å². The van der Waals surface area contributed by atoms with Gasteiger partial charge in [-0.1, -0.05) is 24.6 Å². The lowest BCUT2D eigenvalue weighted by molar-refractivity contribution is -0.123. The van der Waals surface area contributed by atoms with Crippen molar-refractivity contribution in [3.63, 3.8) is 0 Å². The number of amides is 2. The van der Waals surface area contributed by atoms with Crippen LogP contribution < -0.4 is 15.6 Å². The van der Waals surface area contributed by atoms with Gasteiger partial charge in [0.1, 0.15) is 0 Å². The van der Waals surface area contributed by atoms with Crippen molar-refractivity contribution in [2.45, 2.75) is 18.2 Å². The third-order valence-electron chi connectivity index (χ3n) is 4.25. The van der Waals surface area contributed by atoms with E-state index in [0.29, 0.717) is 16.6 Å². The summed E-state index contributed by atoms with van der Waals surface area (Å²) in [5, 5.41) is 0.485. The van der Waals surface area contributed by atoms with Crippen LogP contribution in [0.15, 0.2) is 53.4 Å². The van der Waals surface area contributed by atoms with E-state index in [-0.39, 0.29) is 22.3 Å². The Labute approximate surface area is 162 Å². The summed E-state index contributed by atoms with van der Waals surface area (Å²) in [4.78, 5) is 23.9. The molecule has 0 aromatic heterocycles. The van der Waals surface area contributed by atoms with Crippen LogP contribution in [-0.4, -0.2) is 20.2 Å². The molecule has 0 aliphatic heterocycles. The summed E-state index contributed by atoms with van der Waals surface area (Å²) in [6.45, 7) is 1.95. The minimum absolute atomic E-state index is 0.0766. The number of rotatable bonds is 5. The third kappa shape index (κ3) is 4.78. The van der Waals surface area contributed by atoms with E-state index >= 15 is 0 Å². The largest absolute Gasteiger partial charge is 0.280 e. The minimum atomic E-state index is -3.88. The molecule has 3 rings (SSSR count). The first-order valence-corrected chi connectivity index (χ1v) is 10.1. The molecule has 0 radical (unpaired) electrons. The molecule has 27 heavy (non-hydrogen) atoms. The van der Waals surface area contributed by atoms with Gasteiger partial charge in [-0.25, -0.2) is 8.42 Å². The Bertz CT molecular complexity index is 976. The smallest absolute Gasteiger partial charge is 0.269 e. The van der Waals surface area contributed by atoms with Crippen LogP contribution in [0.4, 0.5) is 5.69 Å². The van der Waals surface area contributed by atoms with Gasteiger partial charge >= 0.3 is 0 Å². The molecule has 1 aliphatic carbocycles. The molecule has 0 unspecified atom stereocenters. The Morgan fingerprint density at radius 1 is 1.07 bits per heavy atom. The molecule has 0 heterocycles. The van der Waals surface area contributed by atoms with E-state index in [4.69, 9.17) is 11.6 Å². The van der Waals surface area contributed by atoms with Crippen molar-refractivity contribution in [3.05, 3.63) is 59.1 Å². The van der Waals surface area contributed by atoms with Crippen LogP contribution >= 0.6 is 11.6 Å². The zero-order valence-corrected chi connectivity index (χ0v) is 16.0. The average molecular weight is 408 g/mol. The molecule has 0 bridgehead atoms. The van der Waals surface area contributed by atoms with Gasteiger partial charge in [0.2, 0.25) is 5.91 Å². The van der Waals surface area contributed by atoms with Crippen LogP contribution in [0.5, 0.6) is 0 Å². The fraction of sp³-hybridized carbons (Fsp3) is 0.222. The highest BCUT2D eigenvalue weighted by Crippen LogP contribution is 2.37. The number of sulfonamides is 1. The standard InChI is InChI=1S/C18H18ClN3O4S/c1-11-9-16(11)18(24)21-20-17(23)12-3-2-4-15(10-12)27(25,26)22-14-7-5-13(19)6-8-14/h2-8,10-11,16,22H,9H2,1H3,(H,20,23)(H,21,24)/t11-,16+/m0/s1. The number of nitrogens with one attached hydrogen (secondary N) is 3. The van der Waals surface area contributed by atoms with Gasteiger partial charge in [-0.05, 0) is 54.8 Å². The van der Waals surface area contributed by atoms with Crippen LogP contribution in [-0.2, 0) is 14.8 Å². The first-order valence-electron chi connectivity index (χ1n) is 8.25. The molecular formula is C18H18ClN3O4S. The summed E-state index contributed by atoms with van der Waals surface area (Å²) >= 11 is 5.79. The van der Waals surface area contributed by atoms with Crippen molar-refractivity contribution in [1.82, 2.24) is 10.9 Å². The van der Waals surface area contributed by atoms with E-state index in [1.165, 1.54) is 36.4 Å². The van der Waals surface area contributed by atoms with Crippen molar-refractivity contribution in [1.29, 1.82) is 0 Å². The Hall–Kier alpha value is -2.58. The van der Waals surface area contributed by atoms with Crippen LogP contribution in [0.3, 0.4) is 0 Å². The fourth-order valence-corrected chi connectivity index (χ4v) is 3.74. The second-order valence-electron chi connectivity index (χ2n) is 6.40. The lowest BCUT2D eigenvalue weighted by Crippen LogP contribution is -2.42. The van der Waals surface area contributed by atoms with Gasteiger partial charge in [-0.15, -0.1) is 0 Å². The third-order valence-corrected chi connectivity index (χ3v) is 5.88. The van der Waals surface area contributed by atoms with Crippen LogP contribution in [0, 0.1) is 11.8 Å². The van der Waals surface area contributed by atoms with Crippen molar-refractivity contribution in [2.75, 3.05) is 4.72 Å². The average Bonchev–Trinajstić information content (AvgIpc) is 3.38. The summed E-state index contributed by atoms with van der Waals surface area (Å²) in [5.74, 6) is -0.612. The van der Waals surface area contributed by atoms with Gasteiger partial charge < -0.3 is 0 Å². The number of hydrazine groups is 1. The van der Waals surface area contributed by atoms with Gasteiger partial charge in [-0.2, -0.15) is 0 Å². The second kappa shape index (κ2) is 7.58. The van der Waals surface area contributed by atoms with Crippen molar-refractivity contribution in [2.24, 2.45) is 11.8 Å². The zero-order chi connectivity index (χ0) is 19.6. The maximum absolute atomic E-state index is 12.5. The predicted octanol–water partition coefficient (Wildman–Crippen LogP) is 2.56. The van der Waals surface area contributed by atoms with Crippen molar-refractivity contribution < 1.29 is 18.0 Å². The van der Waals surface area contributed by atoms with Gasteiger partial charge in [0.25, 0.3) is 15.9 Å². The minimum Gasteiger partial charge on any atom is -0.280 e. The van der Waals surface area contributed by atoms with E-state index in [1.807, 2.05) is 6.92 Å². The predicted molar refractivity (Wildman–Crippen MR) is 102 cm³/mol.